The summed E-state index contributed by atoms with van der Waals surface area (Å²) in [7, 11) is 2.42. The first-order valence-electron chi connectivity index (χ1n) is 7.93. The fourth-order valence-corrected chi connectivity index (χ4v) is 5.83. The van der Waals surface area contributed by atoms with Crippen LogP contribution in [0.4, 0.5) is 0 Å². The van der Waals surface area contributed by atoms with Crippen LogP contribution in [0.5, 0.6) is 0 Å². The van der Waals surface area contributed by atoms with Gasteiger partial charge in [0.2, 0.25) is 0 Å². The van der Waals surface area contributed by atoms with E-state index in [9.17, 15) is 0 Å². The molecule has 4 aliphatic rings. The van der Waals surface area contributed by atoms with E-state index in [1.165, 1.54) is 44.9 Å². The summed E-state index contributed by atoms with van der Waals surface area (Å²) in [4.78, 5) is 2.77. The minimum atomic E-state index is 0.858. The predicted octanol–water partition coefficient (Wildman–Crippen LogP) is 3.50. The lowest BCUT2D eigenvalue weighted by atomic mass is 9.70. The molecule has 1 aliphatic heterocycles. The Balaban J connectivity index is 1.63. The quantitative estimate of drug-likeness (QED) is 0.618. The van der Waals surface area contributed by atoms with Gasteiger partial charge in [-0.3, -0.25) is 4.90 Å². The maximum atomic E-state index is 2.77. The predicted molar refractivity (Wildman–Crippen MR) is 70.5 cm³/mol. The Morgan fingerprint density at radius 3 is 2.47 bits per heavy atom. The molecule has 1 nitrogen and oxygen atoms in total. The third-order valence-corrected chi connectivity index (χ3v) is 6.48. The van der Waals surface area contributed by atoms with Gasteiger partial charge in [-0.2, -0.15) is 0 Å². The Bertz CT molecular complexity index is 300. The van der Waals surface area contributed by atoms with Crippen LogP contribution in [0.15, 0.2) is 0 Å². The van der Waals surface area contributed by atoms with Crippen LogP contribution in [0.2, 0.25) is 0 Å². The number of hydrogen-bond donors (Lipinski definition) is 0. The van der Waals surface area contributed by atoms with Gasteiger partial charge in [0, 0.05) is 12.1 Å². The Morgan fingerprint density at radius 2 is 1.59 bits per heavy atom. The molecule has 4 rings (SSSR count). The number of hydrogen-bond acceptors (Lipinski definition) is 1. The molecular weight excluding hydrogens is 206 g/mol. The lowest BCUT2D eigenvalue weighted by Gasteiger charge is -2.36. The van der Waals surface area contributed by atoms with Crippen LogP contribution in [0.25, 0.3) is 0 Å². The summed E-state index contributed by atoms with van der Waals surface area (Å²) in [6, 6.07) is 1.80. The molecule has 0 N–H and O–H groups in total. The van der Waals surface area contributed by atoms with Gasteiger partial charge in [0.15, 0.2) is 0 Å². The first-order valence-corrected chi connectivity index (χ1v) is 7.93. The third-order valence-electron chi connectivity index (χ3n) is 6.48. The van der Waals surface area contributed by atoms with Crippen LogP contribution in [0, 0.1) is 30.1 Å². The topological polar surface area (TPSA) is 3.24 Å². The average molecular weight is 232 g/mol. The highest BCUT2D eigenvalue weighted by Gasteiger charge is 2.56. The summed E-state index contributed by atoms with van der Waals surface area (Å²) >= 11 is 0. The molecule has 3 aliphatic carbocycles. The standard InChI is InChI=1S/C16H26N/c1-17-14-9-5-4-8-13(14)16-12-7-3-2-6-11(12)10-15(16)17/h10-16H,2-9H2,1H3. The van der Waals surface area contributed by atoms with Crippen molar-refractivity contribution in [3.05, 3.63) is 6.42 Å². The summed E-state index contributed by atoms with van der Waals surface area (Å²) in [6.45, 7) is 0. The maximum absolute atomic E-state index is 2.77. The van der Waals surface area contributed by atoms with Crippen molar-refractivity contribution in [3.8, 4) is 0 Å². The molecule has 0 bridgehead atoms. The highest BCUT2D eigenvalue weighted by atomic mass is 15.2. The van der Waals surface area contributed by atoms with E-state index in [2.05, 4.69) is 18.4 Å². The zero-order valence-corrected chi connectivity index (χ0v) is 11.1. The third kappa shape index (κ3) is 1.47. The van der Waals surface area contributed by atoms with Crippen molar-refractivity contribution < 1.29 is 0 Å². The van der Waals surface area contributed by atoms with Gasteiger partial charge in [-0.1, -0.05) is 25.7 Å². The van der Waals surface area contributed by atoms with E-state index in [0.29, 0.717) is 0 Å². The normalized spacial score (nSPS) is 54.2. The first kappa shape index (κ1) is 10.8. The van der Waals surface area contributed by atoms with Crippen molar-refractivity contribution in [3.63, 3.8) is 0 Å². The molecule has 0 amide bonds. The summed E-state index contributed by atoms with van der Waals surface area (Å²) in [6.07, 6.45) is 14.8. The average Bonchev–Trinajstić information content (AvgIpc) is 2.88. The Hall–Kier alpha value is -0.0400. The van der Waals surface area contributed by atoms with Crippen LogP contribution >= 0.6 is 0 Å². The molecular formula is C16H26N. The molecule has 1 radical (unpaired) electrons. The molecule has 6 atom stereocenters. The maximum Gasteiger partial charge on any atom is 0.0164 e. The van der Waals surface area contributed by atoms with Crippen molar-refractivity contribution in [2.75, 3.05) is 7.05 Å². The number of rotatable bonds is 0. The fraction of sp³-hybridized carbons (Fsp3) is 0.938. The molecule has 1 heteroatoms. The Kier molecular flexibility index (Phi) is 2.54. The van der Waals surface area contributed by atoms with E-state index in [0.717, 1.165) is 35.8 Å². The van der Waals surface area contributed by atoms with Gasteiger partial charge in [-0.05, 0) is 62.8 Å². The second kappa shape index (κ2) is 3.98. The first-order chi connectivity index (χ1) is 8.36. The van der Waals surface area contributed by atoms with Crippen LogP contribution in [0.3, 0.4) is 0 Å². The minimum absolute atomic E-state index is 0.858. The van der Waals surface area contributed by atoms with Gasteiger partial charge in [0.1, 0.15) is 0 Å². The van der Waals surface area contributed by atoms with Crippen molar-refractivity contribution >= 4 is 0 Å². The monoisotopic (exact) mass is 232 g/mol. The highest BCUT2D eigenvalue weighted by molar-refractivity contribution is 5.15. The Morgan fingerprint density at radius 1 is 0.882 bits per heavy atom. The van der Waals surface area contributed by atoms with Gasteiger partial charge < -0.3 is 0 Å². The molecule has 0 aromatic heterocycles. The summed E-state index contributed by atoms with van der Waals surface area (Å²) in [5.41, 5.74) is 0. The lowest BCUT2D eigenvalue weighted by molar-refractivity contribution is 0.150. The number of nitrogens with zero attached hydrogens (tertiary/aromatic N) is 1. The van der Waals surface area contributed by atoms with Gasteiger partial charge in [0.05, 0.1) is 0 Å². The van der Waals surface area contributed by atoms with Crippen molar-refractivity contribution in [2.45, 2.75) is 63.5 Å². The molecule has 6 unspecified atom stereocenters. The molecule has 0 aromatic carbocycles. The molecule has 1 saturated heterocycles. The van der Waals surface area contributed by atoms with Gasteiger partial charge in [0.25, 0.3) is 0 Å². The van der Waals surface area contributed by atoms with Crippen LogP contribution in [-0.2, 0) is 0 Å². The van der Waals surface area contributed by atoms with Crippen molar-refractivity contribution in [2.24, 2.45) is 23.7 Å². The highest BCUT2D eigenvalue weighted by Crippen LogP contribution is 2.57. The lowest BCUT2D eigenvalue weighted by Crippen LogP contribution is -2.36. The van der Waals surface area contributed by atoms with Gasteiger partial charge in [-0.25, -0.2) is 0 Å². The molecule has 3 saturated carbocycles. The molecule has 1 heterocycles. The summed E-state index contributed by atoms with van der Waals surface area (Å²) < 4.78 is 0. The van der Waals surface area contributed by atoms with Crippen LogP contribution in [0.1, 0.15) is 51.4 Å². The fourth-order valence-electron chi connectivity index (χ4n) is 5.83. The van der Waals surface area contributed by atoms with E-state index in [1.807, 2.05) is 0 Å². The number of likely N-dealkylation sites (tertiary alicyclic amines) is 1. The van der Waals surface area contributed by atoms with E-state index < -0.39 is 0 Å². The Labute approximate surface area is 106 Å². The summed E-state index contributed by atoms with van der Waals surface area (Å²) in [5.74, 6) is 4.17. The largest absolute Gasteiger partial charge is 0.300 e. The molecule has 0 aromatic rings. The van der Waals surface area contributed by atoms with Gasteiger partial charge >= 0.3 is 0 Å². The van der Waals surface area contributed by atoms with E-state index in [4.69, 9.17) is 0 Å². The minimum Gasteiger partial charge on any atom is -0.300 e. The van der Waals surface area contributed by atoms with Crippen molar-refractivity contribution in [1.29, 1.82) is 0 Å². The summed E-state index contributed by atoms with van der Waals surface area (Å²) in [5, 5.41) is 0. The van der Waals surface area contributed by atoms with Crippen molar-refractivity contribution in [1.82, 2.24) is 4.90 Å². The van der Waals surface area contributed by atoms with Gasteiger partial charge in [-0.15, -0.1) is 0 Å². The van der Waals surface area contributed by atoms with E-state index in [-0.39, 0.29) is 0 Å². The van der Waals surface area contributed by atoms with Crippen LogP contribution in [-0.4, -0.2) is 24.0 Å². The number of fused-ring (bicyclic) bond motifs is 5. The smallest absolute Gasteiger partial charge is 0.0164 e. The van der Waals surface area contributed by atoms with E-state index in [1.54, 1.807) is 6.42 Å². The molecule has 95 valence electrons. The van der Waals surface area contributed by atoms with E-state index >= 15 is 0 Å². The second-order valence-electron chi connectivity index (χ2n) is 7.05. The second-order valence-corrected chi connectivity index (χ2v) is 7.05. The SMILES string of the molecule is CN1C2[CH]C3CCCCC3C2C2CCCCC21. The molecule has 17 heavy (non-hydrogen) atoms. The molecule has 0 spiro atoms. The molecule has 4 fully saturated rings. The zero-order valence-electron chi connectivity index (χ0n) is 11.1. The van der Waals surface area contributed by atoms with Crippen LogP contribution < -0.4 is 0 Å². The zero-order chi connectivity index (χ0) is 11.4.